The molecule has 0 bridgehead atoms. The van der Waals surface area contributed by atoms with Crippen LogP contribution in [0.2, 0.25) is 0 Å². The van der Waals surface area contributed by atoms with E-state index >= 15 is 0 Å². The summed E-state index contributed by atoms with van der Waals surface area (Å²) in [5.41, 5.74) is 2.77. The van der Waals surface area contributed by atoms with Gasteiger partial charge in [-0.3, -0.25) is 4.68 Å². The average Bonchev–Trinajstić information content (AvgIpc) is 2.99. The van der Waals surface area contributed by atoms with E-state index in [1.54, 1.807) is 11.7 Å². The highest BCUT2D eigenvalue weighted by Crippen LogP contribution is 2.24. The number of nitrogens with one attached hydrogen (secondary N) is 1. The molecule has 0 atom stereocenters. The van der Waals surface area contributed by atoms with Gasteiger partial charge < -0.3 is 10.1 Å². The summed E-state index contributed by atoms with van der Waals surface area (Å²) in [6, 6.07) is 7.77. The van der Waals surface area contributed by atoms with Crippen molar-refractivity contribution in [3.05, 3.63) is 41.7 Å². The molecule has 0 saturated carbocycles. The average molecular weight is 288 g/mol. The van der Waals surface area contributed by atoms with E-state index in [1.807, 2.05) is 24.3 Å². The Hall–Kier alpha value is -2.28. The Morgan fingerprint density at radius 2 is 2.25 bits per heavy atom. The van der Waals surface area contributed by atoms with Crippen molar-refractivity contribution in [2.24, 2.45) is 7.05 Å². The zero-order chi connectivity index (χ0) is 14.1. The topological polar surface area (TPSA) is 83.8 Å². The molecule has 102 valence electrons. The molecule has 0 fully saturated rings. The molecule has 3 aromatic rings. The highest BCUT2D eigenvalue weighted by Gasteiger charge is 2.15. The predicted molar refractivity (Wildman–Crippen MR) is 75.8 cm³/mol. The fourth-order valence-electron chi connectivity index (χ4n) is 1.95. The van der Waals surface area contributed by atoms with E-state index in [1.165, 1.54) is 18.0 Å². The number of nitrogens with zero attached hydrogens (tertiary/aromatic N) is 3. The quantitative estimate of drug-likeness (QED) is 0.720. The lowest BCUT2D eigenvalue weighted by atomic mass is 10.3. The standard InChI is InChI=1S/C13H12N4O2S/c1-17-11(8(6-14-17)12(18)19)7-20-13-15-9-4-2-3-5-10(9)16-13/h2-6H,7H2,1H3,(H,15,16)(H,18,19). The van der Waals surface area contributed by atoms with Crippen molar-refractivity contribution in [3.63, 3.8) is 0 Å². The first-order valence-corrected chi connectivity index (χ1v) is 6.95. The maximum absolute atomic E-state index is 11.1. The number of hydrogen-bond acceptors (Lipinski definition) is 4. The van der Waals surface area contributed by atoms with Crippen LogP contribution in [0.4, 0.5) is 0 Å². The van der Waals surface area contributed by atoms with Crippen LogP contribution >= 0.6 is 11.8 Å². The minimum absolute atomic E-state index is 0.233. The summed E-state index contributed by atoms with van der Waals surface area (Å²) in [6.45, 7) is 0. The summed E-state index contributed by atoms with van der Waals surface area (Å²) in [5.74, 6) is -0.462. The third kappa shape index (κ3) is 2.27. The lowest BCUT2D eigenvalue weighted by molar-refractivity contribution is 0.0696. The zero-order valence-electron chi connectivity index (χ0n) is 10.7. The number of fused-ring (bicyclic) bond motifs is 1. The number of para-hydroxylation sites is 2. The van der Waals surface area contributed by atoms with Gasteiger partial charge in [0.1, 0.15) is 5.56 Å². The van der Waals surface area contributed by atoms with Gasteiger partial charge >= 0.3 is 5.97 Å². The lowest BCUT2D eigenvalue weighted by Gasteiger charge is -2.01. The van der Waals surface area contributed by atoms with Crippen molar-refractivity contribution >= 4 is 28.8 Å². The van der Waals surface area contributed by atoms with Gasteiger partial charge in [-0.15, -0.1) is 0 Å². The van der Waals surface area contributed by atoms with Crippen molar-refractivity contribution in [2.45, 2.75) is 10.9 Å². The number of carboxylic acid groups (broad SMARTS) is 1. The van der Waals surface area contributed by atoms with Crippen molar-refractivity contribution in [2.75, 3.05) is 0 Å². The molecule has 0 amide bonds. The van der Waals surface area contributed by atoms with Gasteiger partial charge in [0.05, 0.1) is 22.9 Å². The van der Waals surface area contributed by atoms with Crippen LogP contribution in [0.25, 0.3) is 11.0 Å². The van der Waals surface area contributed by atoms with E-state index in [4.69, 9.17) is 5.11 Å². The van der Waals surface area contributed by atoms with E-state index in [2.05, 4.69) is 15.1 Å². The molecule has 2 aromatic heterocycles. The molecule has 0 spiro atoms. The van der Waals surface area contributed by atoms with Crippen molar-refractivity contribution in [1.82, 2.24) is 19.7 Å². The molecule has 20 heavy (non-hydrogen) atoms. The maximum atomic E-state index is 11.1. The highest BCUT2D eigenvalue weighted by atomic mass is 32.2. The van der Waals surface area contributed by atoms with Gasteiger partial charge in [-0.1, -0.05) is 23.9 Å². The Balaban J connectivity index is 1.82. The van der Waals surface area contributed by atoms with Crippen LogP contribution in [0.15, 0.2) is 35.6 Å². The second-order valence-electron chi connectivity index (χ2n) is 4.28. The number of aryl methyl sites for hydroxylation is 1. The Bertz CT molecular complexity index is 745. The van der Waals surface area contributed by atoms with Crippen LogP contribution in [0.3, 0.4) is 0 Å². The Kier molecular flexibility index (Phi) is 3.19. The highest BCUT2D eigenvalue weighted by molar-refractivity contribution is 7.98. The molecule has 0 aliphatic rings. The smallest absolute Gasteiger partial charge is 0.339 e. The predicted octanol–water partition coefficient (Wildman–Crippen LogP) is 2.29. The molecule has 0 saturated heterocycles. The van der Waals surface area contributed by atoms with Gasteiger partial charge in [0.25, 0.3) is 0 Å². The van der Waals surface area contributed by atoms with Gasteiger partial charge in [-0.25, -0.2) is 9.78 Å². The SMILES string of the molecule is Cn1ncc(C(=O)O)c1CSc1nc2ccccc2[nH]1. The van der Waals surface area contributed by atoms with Gasteiger partial charge in [0.2, 0.25) is 0 Å². The first-order chi connectivity index (χ1) is 9.65. The molecule has 1 aromatic carbocycles. The molecule has 0 unspecified atom stereocenters. The summed E-state index contributed by atoms with van der Waals surface area (Å²) >= 11 is 1.46. The number of aromatic nitrogens is 4. The first-order valence-electron chi connectivity index (χ1n) is 5.97. The van der Waals surface area contributed by atoms with Gasteiger partial charge in [0, 0.05) is 12.8 Å². The van der Waals surface area contributed by atoms with E-state index in [9.17, 15) is 4.79 Å². The molecular weight excluding hydrogens is 276 g/mol. The van der Waals surface area contributed by atoms with Crippen LogP contribution in [-0.4, -0.2) is 30.8 Å². The van der Waals surface area contributed by atoms with E-state index < -0.39 is 5.97 Å². The second kappa shape index (κ2) is 5.01. The molecule has 0 aliphatic heterocycles. The summed E-state index contributed by atoms with van der Waals surface area (Å²) in [4.78, 5) is 18.7. The number of carbonyl (C=O) groups is 1. The number of rotatable bonds is 4. The van der Waals surface area contributed by atoms with Crippen LogP contribution < -0.4 is 0 Å². The third-order valence-corrected chi connectivity index (χ3v) is 3.89. The summed E-state index contributed by atoms with van der Waals surface area (Å²) in [7, 11) is 1.74. The number of hydrogen-bond donors (Lipinski definition) is 2. The fourth-order valence-corrected chi connectivity index (χ4v) is 2.91. The lowest BCUT2D eigenvalue weighted by Crippen LogP contribution is -2.03. The van der Waals surface area contributed by atoms with Crippen LogP contribution in [-0.2, 0) is 12.8 Å². The molecular formula is C13H12N4O2S. The molecule has 0 radical (unpaired) electrons. The maximum Gasteiger partial charge on any atom is 0.339 e. The monoisotopic (exact) mass is 288 g/mol. The zero-order valence-corrected chi connectivity index (χ0v) is 11.5. The summed E-state index contributed by atoms with van der Waals surface area (Å²) < 4.78 is 1.58. The number of benzene rings is 1. The Morgan fingerprint density at radius 1 is 1.45 bits per heavy atom. The number of carboxylic acids is 1. The first kappa shape index (κ1) is 12.7. The molecule has 3 rings (SSSR count). The fraction of sp³-hybridized carbons (Fsp3) is 0.154. The minimum Gasteiger partial charge on any atom is -0.478 e. The van der Waals surface area contributed by atoms with Crippen molar-refractivity contribution in [1.29, 1.82) is 0 Å². The number of thioether (sulfide) groups is 1. The molecule has 2 heterocycles. The normalized spacial score (nSPS) is 11.1. The van der Waals surface area contributed by atoms with Crippen LogP contribution in [0.1, 0.15) is 16.1 Å². The molecule has 0 aliphatic carbocycles. The van der Waals surface area contributed by atoms with E-state index in [0.717, 1.165) is 16.2 Å². The number of aromatic carboxylic acids is 1. The van der Waals surface area contributed by atoms with Gasteiger partial charge in [-0.2, -0.15) is 5.10 Å². The molecule has 7 heteroatoms. The van der Waals surface area contributed by atoms with Gasteiger partial charge in [-0.05, 0) is 12.1 Å². The van der Waals surface area contributed by atoms with E-state index in [0.29, 0.717) is 11.4 Å². The Morgan fingerprint density at radius 3 is 3.00 bits per heavy atom. The van der Waals surface area contributed by atoms with Crippen molar-refractivity contribution in [3.8, 4) is 0 Å². The van der Waals surface area contributed by atoms with Crippen LogP contribution in [0, 0.1) is 0 Å². The second-order valence-corrected chi connectivity index (χ2v) is 5.25. The van der Waals surface area contributed by atoms with Crippen LogP contribution in [0.5, 0.6) is 0 Å². The van der Waals surface area contributed by atoms with Gasteiger partial charge in [0.15, 0.2) is 5.16 Å². The Labute approximate surface area is 118 Å². The van der Waals surface area contributed by atoms with Crippen molar-refractivity contribution < 1.29 is 9.90 Å². The summed E-state index contributed by atoms with van der Waals surface area (Å²) in [5, 5.41) is 13.9. The minimum atomic E-state index is -0.960. The number of imidazole rings is 1. The summed E-state index contributed by atoms with van der Waals surface area (Å²) in [6.07, 6.45) is 1.37. The third-order valence-electron chi connectivity index (χ3n) is 3.01. The number of aromatic amines is 1. The number of H-pyrrole nitrogens is 1. The largest absolute Gasteiger partial charge is 0.478 e. The van der Waals surface area contributed by atoms with E-state index in [-0.39, 0.29) is 5.56 Å². The molecule has 6 nitrogen and oxygen atoms in total. The molecule has 2 N–H and O–H groups in total.